The summed E-state index contributed by atoms with van der Waals surface area (Å²) in [6.07, 6.45) is 5.42. The largest absolute Gasteiger partial charge is 0.305 e. The molecule has 0 atom stereocenters. The van der Waals surface area contributed by atoms with Gasteiger partial charge in [-0.1, -0.05) is 23.3 Å². The van der Waals surface area contributed by atoms with E-state index in [1.165, 1.54) is 17.4 Å². The van der Waals surface area contributed by atoms with Crippen molar-refractivity contribution < 1.29 is 13.6 Å². The summed E-state index contributed by atoms with van der Waals surface area (Å²) in [7, 11) is 0. The molecule has 3 nitrogen and oxygen atoms in total. The molecule has 0 N–H and O–H groups in total. The first-order valence-corrected chi connectivity index (χ1v) is 8.31. The predicted octanol–water partition coefficient (Wildman–Crippen LogP) is 3.97. The van der Waals surface area contributed by atoms with E-state index in [0.717, 1.165) is 33.5 Å². The number of aryl methyl sites for hydroxylation is 2. The van der Waals surface area contributed by atoms with Crippen LogP contribution in [0.4, 0.5) is 8.78 Å². The molecule has 0 unspecified atom stereocenters. The Kier molecular flexibility index (Phi) is 4.51. The molecule has 25 heavy (non-hydrogen) atoms. The van der Waals surface area contributed by atoms with E-state index < -0.39 is 23.1 Å². The van der Waals surface area contributed by atoms with Crippen molar-refractivity contribution in [1.82, 2.24) is 4.57 Å². The highest BCUT2D eigenvalue weighted by Crippen LogP contribution is 2.22. The summed E-state index contributed by atoms with van der Waals surface area (Å²) < 4.78 is 30.2. The Bertz CT molecular complexity index is 1080. The van der Waals surface area contributed by atoms with Gasteiger partial charge >= 0.3 is 0 Å². The first kappa shape index (κ1) is 17.1. The van der Waals surface area contributed by atoms with Crippen LogP contribution < -0.4 is 4.80 Å². The number of hydrogen-bond donors (Lipinski definition) is 0. The van der Waals surface area contributed by atoms with Gasteiger partial charge in [0.05, 0.1) is 16.8 Å². The summed E-state index contributed by atoms with van der Waals surface area (Å²) in [6, 6.07) is 7.20. The number of nitrogens with zero attached hydrogens (tertiary/aromatic N) is 2. The van der Waals surface area contributed by atoms with Crippen molar-refractivity contribution >= 4 is 27.5 Å². The Balaban J connectivity index is 2.24. The molecule has 3 rings (SSSR count). The maximum Gasteiger partial charge on any atom is 0.285 e. The number of halogens is 2. The molecule has 0 saturated carbocycles. The molecule has 1 heterocycles. The molecule has 0 spiro atoms. The average molecular weight is 356 g/mol. The number of benzene rings is 2. The fourth-order valence-corrected chi connectivity index (χ4v) is 3.60. The van der Waals surface area contributed by atoms with Gasteiger partial charge < -0.3 is 4.57 Å². The fraction of sp³-hybridized carbons (Fsp3) is 0.158. The lowest BCUT2D eigenvalue weighted by molar-refractivity contribution is 0.0990. The lowest BCUT2D eigenvalue weighted by Crippen LogP contribution is -2.17. The minimum Gasteiger partial charge on any atom is -0.305 e. The lowest BCUT2D eigenvalue weighted by atomic mass is 10.1. The third-order valence-electron chi connectivity index (χ3n) is 3.92. The number of aromatic nitrogens is 1. The number of thiazole rings is 1. The van der Waals surface area contributed by atoms with Crippen LogP contribution in [0.5, 0.6) is 0 Å². The van der Waals surface area contributed by atoms with Crippen LogP contribution in [0.25, 0.3) is 10.2 Å². The van der Waals surface area contributed by atoms with Crippen LogP contribution in [0.15, 0.2) is 35.3 Å². The molecule has 0 aliphatic rings. The van der Waals surface area contributed by atoms with Crippen molar-refractivity contribution in [3.63, 3.8) is 0 Å². The number of carbonyl (C=O) groups is 1. The zero-order valence-corrected chi connectivity index (χ0v) is 14.5. The Labute approximate surface area is 147 Å². The molecule has 0 bridgehead atoms. The Hall–Kier alpha value is -2.78. The summed E-state index contributed by atoms with van der Waals surface area (Å²) >= 11 is 1.26. The minimum absolute atomic E-state index is 0.203. The quantitative estimate of drug-likeness (QED) is 0.640. The number of hydrogen-bond acceptors (Lipinski definition) is 2. The SMILES string of the molecule is C#CCn1c(=NC(=O)c2c(F)cccc2F)sc2cc(C)c(C)cc21. The van der Waals surface area contributed by atoms with E-state index in [4.69, 9.17) is 6.42 Å². The highest BCUT2D eigenvalue weighted by atomic mass is 32.1. The topological polar surface area (TPSA) is 34.4 Å². The van der Waals surface area contributed by atoms with Gasteiger partial charge in [0.1, 0.15) is 17.2 Å². The maximum absolute atomic E-state index is 13.8. The normalized spacial score (nSPS) is 11.7. The fourth-order valence-electron chi connectivity index (χ4n) is 2.50. The van der Waals surface area contributed by atoms with Crippen LogP contribution >= 0.6 is 11.3 Å². The van der Waals surface area contributed by atoms with E-state index in [1.807, 2.05) is 26.0 Å². The summed E-state index contributed by atoms with van der Waals surface area (Å²) in [4.78, 5) is 16.6. The standard InChI is InChI=1S/C19H14F2N2OS/c1-4-8-23-15-9-11(2)12(3)10-16(15)25-19(23)22-18(24)17-13(20)6-5-7-14(17)21/h1,5-7,9-10H,8H2,2-3H3. The molecular formula is C19H14F2N2OS. The summed E-state index contributed by atoms with van der Waals surface area (Å²) in [5.74, 6) is -0.328. The number of rotatable bonds is 2. The Morgan fingerprint density at radius 3 is 2.52 bits per heavy atom. The summed E-state index contributed by atoms with van der Waals surface area (Å²) in [6.45, 7) is 4.16. The molecule has 126 valence electrons. The minimum atomic E-state index is -0.971. The van der Waals surface area contributed by atoms with E-state index in [1.54, 1.807) is 4.57 Å². The molecule has 1 aromatic heterocycles. The van der Waals surface area contributed by atoms with E-state index in [0.29, 0.717) is 4.80 Å². The van der Waals surface area contributed by atoms with Gasteiger partial charge in [-0.2, -0.15) is 4.99 Å². The van der Waals surface area contributed by atoms with Gasteiger partial charge in [0, 0.05) is 0 Å². The average Bonchev–Trinajstić information content (AvgIpc) is 2.85. The number of fused-ring (bicyclic) bond motifs is 1. The number of amides is 1. The van der Waals surface area contributed by atoms with Gasteiger partial charge in [0.15, 0.2) is 4.80 Å². The molecule has 6 heteroatoms. The lowest BCUT2D eigenvalue weighted by Gasteiger charge is -2.03. The molecule has 0 aliphatic carbocycles. The highest BCUT2D eigenvalue weighted by Gasteiger charge is 2.17. The third kappa shape index (κ3) is 3.11. The molecule has 1 amide bonds. The van der Waals surface area contributed by atoms with Gasteiger partial charge in [-0.25, -0.2) is 8.78 Å². The van der Waals surface area contributed by atoms with Gasteiger partial charge in [0.2, 0.25) is 0 Å². The van der Waals surface area contributed by atoms with Crippen molar-refractivity contribution in [3.8, 4) is 12.3 Å². The van der Waals surface area contributed by atoms with Gasteiger partial charge in [0.25, 0.3) is 5.91 Å². The van der Waals surface area contributed by atoms with Crippen LogP contribution in [0.3, 0.4) is 0 Å². The molecule has 0 fully saturated rings. The number of terminal acetylenes is 1. The molecule has 0 saturated heterocycles. The molecule has 3 aromatic rings. The summed E-state index contributed by atoms with van der Waals surface area (Å²) in [5.41, 5.74) is 2.35. The Morgan fingerprint density at radius 2 is 1.88 bits per heavy atom. The first-order chi connectivity index (χ1) is 11.9. The zero-order chi connectivity index (χ0) is 18.1. The van der Waals surface area contributed by atoms with Crippen molar-refractivity contribution in [2.45, 2.75) is 20.4 Å². The zero-order valence-electron chi connectivity index (χ0n) is 13.6. The second-order valence-corrected chi connectivity index (χ2v) is 6.60. The Morgan fingerprint density at radius 1 is 1.24 bits per heavy atom. The van der Waals surface area contributed by atoms with E-state index in [2.05, 4.69) is 10.9 Å². The molecule has 0 aliphatic heterocycles. The molecule has 2 aromatic carbocycles. The van der Waals surface area contributed by atoms with Crippen LogP contribution in [0.2, 0.25) is 0 Å². The first-order valence-electron chi connectivity index (χ1n) is 7.49. The highest BCUT2D eigenvalue weighted by molar-refractivity contribution is 7.16. The van der Waals surface area contributed by atoms with Crippen LogP contribution in [0.1, 0.15) is 21.5 Å². The van der Waals surface area contributed by atoms with Crippen LogP contribution in [-0.2, 0) is 6.54 Å². The van der Waals surface area contributed by atoms with Gasteiger partial charge in [-0.15, -0.1) is 6.42 Å². The second kappa shape index (κ2) is 6.61. The van der Waals surface area contributed by atoms with Crippen molar-refractivity contribution in [3.05, 3.63) is 63.5 Å². The smallest absolute Gasteiger partial charge is 0.285 e. The molecular weight excluding hydrogens is 342 g/mol. The van der Waals surface area contributed by atoms with Crippen LogP contribution in [-0.4, -0.2) is 10.5 Å². The monoisotopic (exact) mass is 356 g/mol. The second-order valence-electron chi connectivity index (χ2n) is 5.59. The van der Waals surface area contributed by atoms with E-state index in [9.17, 15) is 13.6 Å². The van der Waals surface area contributed by atoms with Crippen molar-refractivity contribution in [2.75, 3.05) is 0 Å². The summed E-state index contributed by atoms with van der Waals surface area (Å²) in [5, 5.41) is 0. The molecule has 0 radical (unpaired) electrons. The number of carbonyl (C=O) groups excluding carboxylic acids is 1. The van der Waals surface area contributed by atoms with Gasteiger partial charge in [-0.3, -0.25) is 4.79 Å². The predicted molar refractivity (Wildman–Crippen MR) is 94.4 cm³/mol. The van der Waals surface area contributed by atoms with Crippen molar-refractivity contribution in [1.29, 1.82) is 0 Å². The van der Waals surface area contributed by atoms with E-state index in [-0.39, 0.29) is 6.54 Å². The van der Waals surface area contributed by atoms with Crippen molar-refractivity contribution in [2.24, 2.45) is 4.99 Å². The van der Waals surface area contributed by atoms with Crippen LogP contribution in [0, 0.1) is 37.8 Å². The third-order valence-corrected chi connectivity index (χ3v) is 4.96. The maximum atomic E-state index is 13.8. The van der Waals surface area contributed by atoms with Gasteiger partial charge in [-0.05, 0) is 49.2 Å². The van der Waals surface area contributed by atoms with E-state index >= 15 is 0 Å².